The lowest BCUT2D eigenvalue weighted by Crippen LogP contribution is -2.20. The van der Waals surface area contributed by atoms with E-state index in [1.54, 1.807) is 30.3 Å². The molecule has 1 nitrogen and oxygen atoms in total. The van der Waals surface area contributed by atoms with Gasteiger partial charge in [0, 0.05) is 6.92 Å². The van der Waals surface area contributed by atoms with Crippen LogP contribution in [0.15, 0.2) is 30.3 Å². The van der Waals surface area contributed by atoms with Crippen molar-refractivity contribution in [3.8, 4) is 0 Å². The number of halogens is 3. The van der Waals surface area contributed by atoms with E-state index in [1.807, 2.05) is 0 Å². The van der Waals surface area contributed by atoms with Crippen molar-refractivity contribution in [2.24, 2.45) is 0 Å². The van der Waals surface area contributed by atoms with E-state index < -0.39 is 12.3 Å². The van der Waals surface area contributed by atoms with Crippen molar-refractivity contribution in [1.82, 2.24) is 0 Å². The van der Waals surface area contributed by atoms with E-state index in [9.17, 15) is 13.2 Å². The Kier molecular flexibility index (Phi) is 3.52. The maximum atomic E-state index is 12.5. The van der Waals surface area contributed by atoms with Crippen molar-refractivity contribution in [1.29, 1.82) is 0 Å². The van der Waals surface area contributed by atoms with E-state index >= 15 is 0 Å². The van der Waals surface area contributed by atoms with Gasteiger partial charge < -0.3 is 4.74 Å². The number of benzene rings is 1. The van der Waals surface area contributed by atoms with Crippen LogP contribution in [0.1, 0.15) is 12.5 Å². The minimum atomic E-state index is -3.53. The second-order valence-electron chi connectivity index (χ2n) is 2.94. The van der Waals surface area contributed by atoms with Gasteiger partial charge >= 0.3 is 12.3 Å². The summed E-state index contributed by atoms with van der Waals surface area (Å²) in [6.45, 7) is 0.267. The first-order chi connectivity index (χ1) is 6.50. The third-order valence-electron chi connectivity index (χ3n) is 1.55. The van der Waals surface area contributed by atoms with Gasteiger partial charge in [-0.25, -0.2) is 8.78 Å². The molecule has 0 N–H and O–H groups in total. The zero-order valence-corrected chi connectivity index (χ0v) is 7.64. The van der Waals surface area contributed by atoms with Gasteiger partial charge in [-0.3, -0.25) is 0 Å². The molecule has 4 heteroatoms. The van der Waals surface area contributed by atoms with Crippen molar-refractivity contribution < 1.29 is 17.9 Å². The molecule has 0 aliphatic rings. The molecule has 0 bridgehead atoms. The first kappa shape index (κ1) is 11.0. The molecule has 1 rings (SSSR count). The van der Waals surface area contributed by atoms with Crippen LogP contribution in [-0.2, 0) is 11.3 Å². The lowest BCUT2D eigenvalue weighted by molar-refractivity contribution is -0.111. The van der Waals surface area contributed by atoms with E-state index in [0.29, 0.717) is 12.5 Å². The topological polar surface area (TPSA) is 9.23 Å². The summed E-state index contributed by atoms with van der Waals surface area (Å²) < 4.78 is 41.4. The Labute approximate surface area is 80.5 Å². The van der Waals surface area contributed by atoms with Crippen molar-refractivity contribution >= 4 is 0 Å². The molecule has 0 aliphatic heterocycles. The molecule has 77 valence electrons. The monoisotopic (exact) mass is 203 g/mol. The lowest BCUT2D eigenvalue weighted by atomic mass is 10.2. The summed E-state index contributed by atoms with van der Waals surface area (Å²) >= 11 is 0. The molecule has 0 amide bonds. The van der Waals surface area contributed by atoms with Gasteiger partial charge in [-0.1, -0.05) is 30.3 Å². The molecule has 1 aromatic carbocycles. The third-order valence-corrected chi connectivity index (χ3v) is 1.55. The van der Waals surface area contributed by atoms with Gasteiger partial charge in [0.05, 0.1) is 6.61 Å². The van der Waals surface area contributed by atoms with Gasteiger partial charge in [0.2, 0.25) is 0 Å². The van der Waals surface area contributed by atoms with E-state index in [-0.39, 0.29) is 6.61 Å². The Balaban J connectivity index is 2.42. The molecule has 1 aromatic rings. The maximum absolute atomic E-state index is 12.5. The van der Waals surface area contributed by atoms with Crippen LogP contribution in [0.4, 0.5) is 13.2 Å². The Morgan fingerprint density at radius 2 is 1.86 bits per heavy atom. The molecule has 0 heterocycles. The molecule has 0 fully saturated rings. The smallest absolute Gasteiger partial charge is 0.332 e. The van der Waals surface area contributed by atoms with Crippen molar-refractivity contribution in [3.05, 3.63) is 42.3 Å². The van der Waals surface area contributed by atoms with Crippen LogP contribution in [0, 0.1) is 6.36 Å². The third kappa shape index (κ3) is 3.38. The average molecular weight is 203 g/mol. The maximum Gasteiger partial charge on any atom is 0.338 e. The molecule has 0 saturated heterocycles. The fraction of sp³-hybridized carbons (Fsp3) is 0.300. The molecule has 0 spiro atoms. The van der Waals surface area contributed by atoms with Crippen molar-refractivity contribution in [2.45, 2.75) is 19.5 Å². The summed E-state index contributed by atoms with van der Waals surface area (Å²) in [5.74, 6) is -3.53. The van der Waals surface area contributed by atoms with Gasteiger partial charge in [0.25, 0.3) is 0 Å². The first-order valence-corrected chi connectivity index (χ1v) is 4.07. The van der Waals surface area contributed by atoms with E-state index in [2.05, 4.69) is 4.74 Å². The van der Waals surface area contributed by atoms with E-state index in [0.717, 1.165) is 0 Å². The van der Waals surface area contributed by atoms with E-state index in [1.165, 1.54) is 0 Å². The first-order valence-electron chi connectivity index (χ1n) is 4.07. The summed E-state index contributed by atoms with van der Waals surface area (Å²) in [5.41, 5.74) is 0.645. The highest BCUT2D eigenvalue weighted by Crippen LogP contribution is 2.28. The summed E-state index contributed by atoms with van der Waals surface area (Å²) in [6.07, 6.45) is -1.75. The van der Waals surface area contributed by atoms with Crippen molar-refractivity contribution in [2.75, 3.05) is 0 Å². The lowest BCUT2D eigenvalue weighted by Gasteiger charge is -2.14. The largest absolute Gasteiger partial charge is 0.338 e. The number of hydrogen-bond acceptors (Lipinski definition) is 1. The van der Waals surface area contributed by atoms with Gasteiger partial charge in [0.1, 0.15) is 0 Å². The van der Waals surface area contributed by atoms with Crippen LogP contribution in [0.25, 0.3) is 0 Å². The predicted octanol–water partition coefficient (Wildman–Crippen LogP) is 3.32. The number of hydrogen-bond donors (Lipinski definition) is 0. The van der Waals surface area contributed by atoms with Crippen LogP contribution >= 0.6 is 0 Å². The summed E-state index contributed by atoms with van der Waals surface area (Å²) in [6, 6.07) is 8.56. The molecule has 0 atom stereocenters. The Morgan fingerprint density at radius 1 is 1.29 bits per heavy atom. The number of ether oxygens (including phenoxy) is 1. The highest BCUT2D eigenvalue weighted by molar-refractivity contribution is 5.13. The van der Waals surface area contributed by atoms with Gasteiger partial charge in [-0.15, -0.1) is 0 Å². The van der Waals surface area contributed by atoms with Gasteiger partial charge in [-0.05, 0) is 5.56 Å². The molecule has 14 heavy (non-hydrogen) atoms. The molecule has 0 aromatic heterocycles. The van der Waals surface area contributed by atoms with Crippen LogP contribution in [0.3, 0.4) is 0 Å². The van der Waals surface area contributed by atoms with Crippen LogP contribution in [0.5, 0.6) is 0 Å². The molecule has 0 unspecified atom stereocenters. The normalized spacial score (nSPS) is 12.1. The van der Waals surface area contributed by atoms with Gasteiger partial charge in [0.15, 0.2) is 0 Å². The summed E-state index contributed by atoms with van der Waals surface area (Å²) in [4.78, 5) is 0. The Bertz CT molecular complexity index is 268. The second kappa shape index (κ2) is 4.46. The minimum absolute atomic E-state index is 0.184. The SMILES string of the molecule is CC(F)(F)[C](F)OCc1ccccc1. The minimum Gasteiger partial charge on any atom is -0.332 e. The molecule has 1 radical (unpaired) electrons. The quantitative estimate of drug-likeness (QED) is 0.729. The Morgan fingerprint density at radius 3 is 2.36 bits per heavy atom. The van der Waals surface area contributed by atoms with Gasteiger partial charge in [-0.2, -0.15) is 4.39 Å². The fourth-order valence-electron chi connectivity index (χ4n) is 0.848. The predicted molar refractivity (Wildman–Crippen MR) is 46.2 cm³/mol. The molecular weight excluding hydrogens is 193 g/mol. The van der Waals surface area contributed by atoms with Crippen LogP contribution in [0.2, 0.25) is 0 Å². The summed E-state index contributed by atoms with van der Waals surface area (Å²) in [7, 11) is 0. The summed E-state index contributed by atoms with van der Waals surface area (Å²) in [5, 5.41) is 0. The molecular formula is C10H10F3O. The van der Waals surface area contributed by atoms with Crippen LogP contribution in [-0.4, -0.2) is 5.92 Å². The highest BCUT2D eigenvalue weighted by atomic mass is 19.3. The van der Waals surface area contributed by atoms with E-state index in [4.69, 9.17) is 0 Å². The fourth-order valence-corrected chi connectivity index (χ4v) is 0.848. The molecule has 0 saturated carbocycles. The zero-order valence-electron chi connectivity index (χ0n) is 7.64. The Hall–Kier alpha value is -1.03. The standard InChI is InChI=1S/C10H10F3O/c1-10(12,13)9(11)14-7-8-5-3-2-4-6-8/h2-6H,7H2,1H3. The van der Waals surface area contributed by atoms with Crippen LogP contribution < -0.4 is 0 Å². The average Bonchev–Trinajstić information content (AvgIpc) is 2.14. The molecule has 0 aliphatic carbocycles. The number of alkyl halides is 2. The zero-order chi connectivity index (χ0) is 10.6. The number of rotatable bonds is 4. The highest BCUT2D eigenvalue weighted by Gasteiger charge is 2.37. The second-order valence-corrected chi connectivity index (χ2v) is 2.94. The van der Waals surface area contributed by atoms with Crippen molar-refractivity contribution in [3.63, 3.8) is 0 Å².